The quantitative estimate of drug-likeness (QED) is 0.529. The Balaban J connectivity index is 1.29. The zero-order valence-corrected chi connectivity index (χ0v) is 20.3. The number of carbonyl (C=O) groups is 1. The van der Waals surface area contributed by atoms with E-state index in [0.29, 0.717) is 18.2 Å². The molecule has 3 N–H and O–H groups in total. The zero-order valence-electron chi connectivity index (χ0n) is 20.3. The molecule has 0 bridgehead atoms. The van der Waals surface area contributed by atoms with Gasteiger partial charge in [0.15, 0.2) is 0 Å². The van der Waals surface area contributed by atoms with E-state index in [4.69, 9.17) is 0 Å². The molecule has 180 valence electrons. The van der Waals surface area contributed by atoms with E-state index in [1.807, 2.05) is 31.6 Å². The van der Waals surface area contributed by atoms with E-state index in [9.17, 15) is 4.79 Å². The molecule has 0 aliphatic carbocycles. The van der Waals surface area contributed by atoms with Crippen LogP contribution in [0.25, 0.3) is 11.1 Å². The molecule has 0 unspecified atom stereocenters. The summed E-state index contributed by atoms with van der Waals surface area (Å²) < 4.78 is 0. The molecule has 8 nitrogen and oxygen atoms in total. The Bertz CT molecular complexity index is 1270. The van der Waals surface area contributed by atoms with Crippen molar-refractivity contribution in [1.29, 1.82) is 0 Å². The number of nitrogens with zero attached hydrogens (tertiary/aromatic N) is 4. The van der Waals surface area contributed by atoms with Gasteiger partial charge < -0.3 is 25.8 Å². The van der Waals surface area contributed by atoms with Gasteiger partial charge in [0, 0.05) is 51.0 Å². The van der Waals surface area contributed by atoms with E-state index in [0.717, 1.165) is 60.2 Å². The number of benzene rings is 1. The molecule has 1 atom stereocenters. The van der Waals surface area contributed by atoms with Crippen molar-refractivity contribution in [3.05, 3.63) is 59.4 Å². The fourth-order valence-corrected chi connectivity index (χ4v) is 5.63. The number of pyridine rings is 2. The number of fused-ring (bicyclic) bond motifs is 2. The molecule has 1 saturated heterocycles. The van der Waals surface area contributed by atoms with Gasteiger partial charge in [-0.2, -0.15) is 0 Å². The van der Waals surface area contributed by atoms with Gasteiger partial charge in [-0.25, -0.2) is 9.97 Å². The molecule has 6 rings (SSSR count). The first-order valence-electron chi connectivity index (χ1n) is 12.4. The fraction of sp³-hybridized carbons (Fsp3) is 0.370. The number of anilines is 4. The van der Waals surface area contributed by atoms with Crippen LogP contribution in [-0.4, -0.2) is 55.6 Å². The molecule has 35 heavy (non-hydrogen) atoms. The van der Waals surface area contributed by atoms with E-state index < -0.39 is 0 Å². The Kier molecular flexibility index (Phi) is 5.53. The molecule has 3 aliphatic heterocycles. The predicted molar refractivity (Wildman–Crippen MR) is 140 cm³/mol. The average Bonchev–Trinajstić information content (AvgIpc) is 3.48. The number of nitrogens with one attached hydrogen (secondary N) is 3. The molecule has 2 aromatic heterocycles. The van der Waals surface area contributed by atoms with Crippen molar-refractivity contribution in [3.63, 3.8) is 0 Å². The second kappa shape index (κ2) is 8.85. The highest BCUT2D eigenvalue weighted by atomic mass is 16.1. The summed E-state index contributed by atoms with van der Waals surface area (Å²) in [5, 5.41) is 9.81. The van der Waals surface area contributed by atoms with Gasteiger partial charge in [0.1, 0.15) is 11.6 Å². The van der Waals surface area contributed by atoms with E-state index in [1.54, 1.807) is 0 Å². The maximum atomic E-state index is 12.9. The third kappa shape index (κ3) is 3.87. The number of hydrogen-bond acceptors (Lipinski definition) is 7. The number of aromatic nitrogens is 2. The molecule has 3 aromatic rings. The van der Waals surface area contributed by atoms with E-state index >= 15 is 0 Å². The Morgan fingerprint density at radius 2 is 1.94 bits per heavy atom. The molecule has 0 radical (unpaired) electrons. The highest BCUT2D eigenvalue weighted by molar-refractivity contribution is 6.06. The topological polar surface area (TPSA) is 85.4 Å². The van der Waals surface area contributed by atoms with Gasteiger partial charge in [-0.1, -0.05) is 6.07 Å². The van der Waals surface area contributed by atoms with Crippen molar-refractivity contribution in [2.24, 2.45) is 0 Å². The second-order valence-corrected chi connectivity index (χ2v) is 9.63. The predicted octanol–water partition coefficient (Wildman–Crippen LogP) is 3.31. The fourth-order valence-electron chi connectivity index (χ4n) is 5.63. The highest BCUT2D eigenvalue weighted by Crippen LogP contribution is 2.39. The third-order valence-corrected chi connectivity index (χ3v) is 7.55. The van der Waals surface area contributed by atoms with Crippen molar-refractivity contribution in [2.75, 3.05) is 48.8 Å². The normalized spacial score (nSPS) is 18.9. The minimum atomic E-state index is -0.0461. The van der Waals surface area contributed by atoms with Crippen LogP contribution in [0.15, 0.2) is 42.7 Å². The van der Waals surface area contributed by atoms with Crippen LogP contribution in [0.2, 0.25) is 0 Å². The molecule has 0 spiro atoms. The second-order valence-electron chi connectivity index (χ2n) is 9.63. The number of amides is 1. The SMILES string of the molecule is CN[C@H]1CCCN(c2ccc(Nc3ccc(-c4ccnc5c4CCN5C)c4c3C(=O)NC4)nc2)C1. The zero-order chi connectivity index (χ0) is 23.9. The van der Waals surface area contributed by atoms with Crippen LogP contribution in [-0.2, 0) is 13.0 Å². The van der Waals surface area contributed by atoms with Crippen LogP contribution in [0.5, 0.6) is 0 Å². The first-order valence-corrected chi connectivity index (χ1v) is 12.4. The minimum Gasteiger partial charge on any atom is -0.369 e. The third-order valence-electron chi connectivity index (χ3n) is 7.55. The Morgan fingerprint density at radius 1 is 1.06 bits per heavy atom. The number of hydrogen-bond donors (Lipinski definition) is 3. The number of carbonyl (C=O) groups excluding carboxylic acids is 1. The first kappa shape index (κ1) is 21.9. The molecule has 1 fully saturated rings. The van der Waals surface area contributed by atoms with Gasteiger partial charge in [-0.15, -0.1) is 0 Å². The number of piperidine rings is 1. The lowest BCUT2D eigenvalue weighted by atomic mass is 9.92. The summed E-state index contributed by atoms with van der Waals surface area (Å²) in [6.45, 7) is 3.54. The van der Waals surface area contributed by atoms with Gasteiger partial charge in [-0.3, -0.25) is 4.79 Å². The largest absolute Gasteiger partial charge is 0.369 e. The molecule has 5 heterocycles. The maximum Gasteiger partial charge on any atom is 0.254 e. The van der Waals surface area contributed by atoms with E-state index in [1.165, 1.54) is 24.0 Å². The Hall–Kier alpha value is -3.65. The van der Waals surface area contributed by atoms with Gasteiger partial charge in [0.05, 0.1) is 23.1 Å². The number of rotatable bonds is 5. The van der Waals surface area contributed by atoms with E-state index in [-0.39, 0.29) is 5.91 Å². The summed E-state index contributed by atoms with van der Waals surface area (Å²) in [5.74, 6) is 1.72. The van der Waals surface area contributed by atoms with Crippen LogP contribution >= 0.6 is 0 Å². The Labute approximate surface area is 205 Å². The average molecular weight is 470 g/mol. The standard InChI is InChI=1S/C27H31N7O/c1-28-17-4-3-12-34(16-17)18-5-8-24(30-14-18)32-23-7-6-19(22-15-31-27(35)25(22)23)20-9-11-29-26-21(20)10-13-33(26)2/h5-9,11,14,17,28H,3-4,10,12-13,15-16H2,1-2H3,(H,30,32)(H,31,35)/t17-/m0/s1. The van der Waals surface area contributed by atoms with Crippen molar-refractivity contribution in [1.82, 2.24) is 20.6 Å². The molecular weight excluding hydrogens is 438 g/mol. The molecule has 0 saturated carbocycles. The summed E-state index contributed by atoms with van der Waals surface area (Å²) in [5.41, 5.74) is 7.19. The summed E-state index contributed by atoms with van der Waals surface area (Å²) >= 11 is 0. The molecule has 3 aliphatic rings. The summed E-state index contributed by atoms with van der Waals surface area (Å²) in [7, 11) is 4.10. The van der Waals surface area contributed by atoms with Gasteiger partial charge in [0.25, 0.3) is 5.91 Å². The summed E-state index contributed by atoms with van der Waals surface area (Å²) in [4.78, 5) is 26.7. The van der Waals surface area contributed by atoms with Crippen LogP contribution < -0.4 is 25.8 Å². The van der Waals surface area contributed by atoms with Crippen molar-refractivity contribution < 1.29 is 4.79 Å². The molecule has 1 aromatic carbocycles. The molecule has 8 heteroatoms. The summed E-state index contributed by atoms with van der Waals surface area (Å²) in [6.07, 6.45) is 7.14. The van der Waals surface area contributed by atoms with E-state index in [2.05, 4.69) is 61.0 Å². The number of likely N-dealkylation sites (N-methyl/N-ethyl adjacent to an activating group) is 2. The monoisotopic (exact) mass is 469 g/mol. The van der Waals surface area contributed by atoms with Crippen LogP contribution in [0.1, 0.15) is 34.3 Å². The van der Waals surface area contributed by atoms with Gasteiger partial charge in [-0.05, 0) is 67.3 Å². The molecular formula is C27H31N7O. The van der Waals surface area contributed by atoms with Crippen molar-refractivity contribution in [3.8, 4) is 11.1 Å². The lowest BCUT2D eigenvalue weighted by Gasteiger charge is -2.34. The highest BCUT2D eigenvalue weighted by Gasteiger charge is 2.29. The first-order chi connectivity index (χ1) is 17.1. The smallest absolute Gasteiger partial charge is 0.254 e. The van der Waals surface area contributed by atoms with Crippen molar-refractivity contribution >= 4 is 28.9 Å². The lowest BCUT2D eigenvalue weighted by molar-refractivity contribution is 0.0966. The van der Waals surface area contributed by atoms with Crippen LogP contribution in [0.3, 0.4) is 0 Å². The Morgan fingerprint density at radius 3 is 2.77 bits per heavy atom. The lowest BCUT2D eigenvalue weighted by Crippen LogP contribution is -2.44. The van der Waals surface area contributed by atoms with Gasteiger partial charge >= 0.3 is 0 Å². The minimum absolute atomic E-state index is 0.0461. The summed E-state index contributed by atoms with van der Waals surface area (Å²) in [6, 6.07) is 10.8. The van der Waals surface area contributed by atoms with Gasteiger partial charge in [0.2, 0.25) is 0 Å². The van der Waals surface area contributed by atoms with Crippen LogP contribution in [0, 0.1) is 0 Å². The maximum absolute atomic E-state index is 12.9. The van der Waals surface area contributed by atoms with Crippen molar-refractivity contribution in [2.45, 2.75) is 31.8 Å². The van der Waals surface area contributed by atoms with Crippen LogP contribution in [0.4, 0.5) is 23.0 Å². The molecule has 1 amide bonds.